The van der Waals surface area contributed by atoms with Gasteiger partial charge in [0.05, 0.1) is 5.92 Å². The zero-order valence-corrected chi connectivity index (χ0v) is 18.2. The Morgan fingerprint density at radius 3 is 2.61 bits per heavy atom. The fourth-order valence-corrected chi connectivity index (χ4v) is 4.83. The van der Waals surface area contributed by atoms with E-state index in [0.717, 1.165) is 52.1 Å². The molecule has 156 valence electrons. The molecular weight excluding hydrogens is 348 g/mol. The van der Waals surface area contributed by atoms with Crippen LogP contribution in [0.1, 0.15) is 52.0 Å². The molecule has 3 heterocycles. The molecule has 5 heteroatoms. The largest absolute Gasteiger partial charge is 0.345 e. The van der Waals surface area contributed by atoms with Gasteiger partial charge >= 0.3 is 0 Å². The van der Waals surface area contributed by atoms with E-state index < -0.39 is 0 Å². The van der Waals surface area contributed by atoms with Crippen molar-refractivity contribution in [3.63, 3.8) is 0 Å². The van der Waals surface area contributed by atoms with Crippen LogP contribution >= 0.6 is 0 Å². The third-order valence-corrected chi connectivity index (χ3v) is 6.09. The smallest absolute Gasteiger partial charge is 0.226 e. The van der Waals surface area contributed by atoms with Gasteiger partial charge in [-0.25, -0.2) is 0 Å². The Morgan fingerprint density at radius 2 is 1.96 bits per heavy atom. The molecule has 2 aliphatic heterocycles. The number of likely N-dealkylation sites (tertiary alicyclic amines) is 2. The molecule has 2 aliphatic rings. The lowest BCUT2D eigenvalue weighted by Gasteiger charge is -2.42. The Labute approximate surface area is 171 Å². The molecule has 0 aromatic carbocycles. The Balaban J connectivity index is 1.48. The van der Waals surface area contributed by atoms with Crippen molar-refractivity contribution < 1.29 is 4.79 Å². The summed E-state index contributed by atoms with van der Waals surface area (Å²) >= 11 is 0. The Hall–Kier alpha value is -1.46. The van der Waals surface area contributed by atoms with Crippen LogP contribution in [0.4, 0.5) is 0 Å². The summed E-state index contributed by atoms with van der Waals surface area (Å²) < 4.78 is 0. The maximum atomic E-state index is 12.9. The summed E-state index contributed by atoms with van der Waals surface area (Å²) in [4.78, 5) is 24.3. The van der Waals surface area contributed by atoms with Gasteiger partial charge in [-0.2, -0.15) is 0 Å². The lowest BCUT2D eigenvalue weighted by Crippen LogP contribution is -2.51. The molecule has 0 radical (unpaired) electrons. The number of nitrogens with zero attached hydrogens (tertiary/aromatic N) is 4. The summed E-state index contributed by atoms with van der Waals surface area (Å²) in [5.74, 6) is 0.517. The second-order valence-electron chi connectivity index (χ2n) is 9.96. The van der Waals surface area contributed by atoms with Gasteiger partial charge in [0, 0.05) is 45.1 Å². The van der Waals surface area contributed by atoms with E-state index in [2.05, 4.69) is 41.6 Å². The van der Waals surface area contributed by atoms with E-state index in [4.69, 9.17) is 0 Å². The molecule has 2 saturated heterocycles. The van der Waals surface area contributed by atoms with Crippen molar-refractivity contribution >= 4 is 5.91 Å². The molecule has 0 N–H and O–H groups in total. The quantitative estimate of drug-likeness (QED) is 0.779. The Morgan fingerprint density at radius 1 is 1.21 bits per heavy atom. The van der Waals surface area contributed by atoms with Crippen molar-refractivity contribution in [1.82, 2.24) is 19.7 Å². The van der Waals surface area contributed by atoms with Crippen LogP contribution in [0.5, 0.6) is 0 Å². The Kier molecular flexibility index (Phi) is 7.10. The van der Waals surface area contributed by atoms with E-state index in [1.807, 2.05) is 30.4 Å². The second-order valence-corrected chi connectivity index (χ2v) is 9.96. The minimum Gasteiger partial charge on any atom is -0.345 e. The van der Waals surface area contributed by atoms with Crippen molar-refractivity contribution in [3.8, 4) is 0 Å². The predicted molar refractivity (Wildman–Crippen MR) is 114 cm³/mol. The number of carbonyl (C=O) groups is 1. The minimum atomic E-state index is 0.153. The third-order valence-electron chi connectivity index (χ3n) is 6.09. The fraction of sp³-hybridized carbons (Fsp3) is 0.739. The highest BCUT2D eigenvalue weighted by Gasteiger charge is 2.33. The van der Waals surface area contributed by atoms with Gasteiger partial charge in [-0.15, -0.1) is 0 Å². The first-order valence-electron chi connectivity index (χ1n) is 10.9. The maximum absolute atomic E-state index is 12.9. The van der Waals surface area contributed by atoms with Crippen LogP contribution in [0.15, 0.2) is 24.5 Å². The molecule has 1 amide bonds. The molecule has 0 aliphatic carbocycles. The minimum absolute atomic E-state index is 0.153. The number of amides is 1. The van der Waals surface area contributed by atoms with Gasteiger partial charge in [0.2, 0.25) is 5.91 Å². The van der Waals surface area contributed by atoms with Gasteiger partial charge in [-0.05, 0) is 62.4 Å². The van der Waals surface area contributed by atoms with Crippen LogP contribution in [-0.2, 0) is 11.3 Å². The molecule has 1 atom stereocenters. The average molecular weight is 387 g/mol. The topological polar surface area (TPSA) is 39.7 Å². The zero-order chi connectivity index (χ0) is 20.1. The van der Waals surface area contributed by atoms with E-state index in [-0.39, 0.29) is 11.3 Å². The highest BCUT2D eigenvalue weighted by molar-refractivity contribution is 5.79. The summed E-state index contributed by atoms with van der Waals surface area (Å²) in [6.07, 6.45) is 8.42. The van der Waals surface area contributed by atoms with Crippen molar-refractivity contribution in [3.05, 3.63) is 30.1 Å². The molecule has 0 spiro atoms. The van der Waals surface area contributed by atoms with Crippen molar-refractivity contribution in [2.45, 2.75) is 59.0 Å². The number of aromatic nitrogens is 1. The first-order valence-corrected chi connectivity index (χ1v) is 10.9. The van der Waals surface area contributed by atoms with E-state index in [0.29, 0.717) is 11.9 Å². The van der Waals surface area contributed by atoms with Gasteiger partial charge < -0.3 is 4.90 Å². The molecule has 2 fully saturated rings. The predicted octanol–water partition coefficient (Wildman–Crippen LogP) is 3.26. The highest BCUT2D eigenvalue weighted by Crippen LogP contribution is 2.26. The normalized spacial score (nSPS) is 22.9. The molecule has 1 aromatic heterocycles. The van der Waals surface area contributed by atoms with E-state index in [9.17, 15) is 4.79 Å². The van der Waals surface area contributed by atoms with Crippen LogP contribution in [0.3, 0.4) is 0 Å². The second kappa shape index (κ2) is 9.36. The van der Waals surface area contributed by atoms with Gasteiger partial charge in [0.15, 0.2) is 0 Å². The number of hydrogen-bond acceptors (Lipinski definition) is 4. The van der Waals surface area contributed by atoms with E-state index >= 15 is 0 Å². The van der Waals surface area contributed by atoms with Gasteiger partial charge in [-0.3, -0.25) is 19.6 Å². The molecule has 0 saturated carbocycles. The summed E-state index contributed by atoms with van der Waals surface area (Å²) in [6, 6.07) is 4.81. The van der Waals surface area contributed by atoms with Gasteiger partial charge in [0.25, 0.3) is 0 Å². The van der Waals surface area contributed by atoms with E-state index in [1.165, 1.54) is 18.4 Å². The summed E-state index contributed by atoms with van der Waals surface area (Å²) in [7, 11) is 1.98. The molecule has 0 bridgehead atoms. The number of rotatable bonds is 5. The lowest BCUT2D eigenvalue weighted by atomic mass is 9.91. The van der Waals surface area contributed by atoms with E-state index in [1.54, 1.807) is 0 Å². The number of piperidine rings is 2. The summed E-state index contributed by atoms with van der Waals surface area (Å²) in [5.41, 5.74) is 1.45. The van der Waals surface area contributed by atoms with Gasteiger partial charge in [0.1, 0.15) is 0 Å². The standard InChI is InChI=1S/C23H38N4O/c1-23(2,3)18-25(4)22(28)20-8-6-12-27(17-20)21-9-13-26(14-10-21)16-19-7-5-11-24-15-19/h5,7,11,15,20-21H,6,8-10,12-14,16-18H2,1-4H3/t20-/m0/s1. The molecular formula is C23H38N4O. The molecule has 3 rings (SSSR count). The SMILES string of the molecule is CN(CC(C)(C)C)C(=O)[C@H]1CCCN(C2CCN(Cc3cccnc3)CC2)C1. The summed E-state index contributed by atoms with van der Waals surface area (Å²) in [6.45, 7) is 12.8. The maximum Gasteiger partial charge on any atom is 0.226 e. The highest BCUT2D eigenvalue weighted by atomic mass is 16.2. The van der Waals surface area contributed by atoms with Crippen LogP contribution in [0, 0.1) is 11.3 Å². The molecule has 1 aromatic rings. The van der Waals surface area contributed by atoms with Crippen molar-refractivity contribution in [2.75, 3.05) is 39.8 Å². The van der Waals surface area contributed by atoms with Crippen LogP contribution in [0.25, 0.3) is 0 Å². The molecule has 28 heavy (non-hydrogen) atoms. The molecule has 0 unspecified atom stereocenters. The van der Waals surface area contributed by atoms with Crippen molar-refractivity contribution in [1.29, 1.82) is 0 Å². The lowest BCUT2D eigenvalue weighted by molar-refractivity contribution is -0.137. The first kappa shape index (κ1) is 21.3. The first-order chi connectivity index (χ1) is 13.3. The summed E-state index contributed by atoms with van der Waals surface area (Å²) in [5, 5.41) is 0. The Bertz CT molecular complexity index is 619. The number of pyridine rings is 1. The average Bonchev–Trinajstić information content (AvgIpc) is 2.67. The van der Waals surface area contributed by atoms with Crippen LogP contribution < -0.4 is 0 Å². The molecule has 5 nitrogen and oxygen atoms in total. The monoisotopic (exact) mass is 386 g/mol. The zero-order valence-electron chi connectivity index (χ0n) is 18.2. The van der Waals surface area contributed by atoms with Gasteiger partial charge in [-0.1, -0.05) is 26.8 Å². The fourth-order valence-electron chi connectivity index (χ4n) is 4.83. The van der Waals surface area contributed by atoms with Crippen molar-refractivity contribution in [2.24, 2.45) is 11.3 Å². The third kappa shape index (κ3) is 6.02. The van der Waals surface area contributed by atoms with Crippen LogP contribution in [0.2, 0.25) is 0 Å². The number of carbonyl (C=O) groups excluding carboxylic acids is 1. The van der Waals surface area contributed by atoms with Crippen LogP contribution in [-0.4, -0.2) is 71.4 Å². The number of hydrogen-bond donors (Lipinski definition) is 0.